The lowest BCUT2D eigenvalue weighted by Gasteiger charge is -2.13. The molecule has 78 valence electrons. The smallest absolute Gasteiger partial charge is 0.0735 e. The fourth-order valence-corrected chi connectivity index (χ4v) is 2.05. The van der Waals surface area contributed by atoms with E-state index in [1.54, 1.807) is 6.20 Å². The van der Waals surface area contributed by atoms with E-state index in [9.17, 15) is 0 Å². The highest BCUT2D eigenvalue weighted by molar-refractivity contribution is 5.88. The molecule has 0 saturated heterocycles. The second kappa shape index (κ2) is 3.54. The lowest BCUT2D eigenvalue weighted by molar-refractivity contribution is 0.877. The summed E-state index contributed by atoms with van der Waals surface area (Å²) < 4.78 is 0. The van der Waals surface area contributed by atoms with Crippen molar-refractivity contribution in [3.63, 3.8) is 0 Å². The molecule has 0 amide bonds. The Balaban J connectivity index is 2.88. The Bertz CT molecular complexity index is 501. The molecule has 0 unspecified atom stereocenters. The number of para-hydroxylation sites is 1. The molecule has 0 radical (unpaired) electrons. The standard InChI is InChI=1S/C13H16N2/c1-8(2)12-10-6-4-5-9(3)13(10)15-7-11(12)14/h4-8H,14H2,1-3H3. The number of benzene rings is 1. The number of fused-ring (bicyclic) bond motifs is 1. The molecule has 15 heavy (non-hydrogen) atoms. The van der Waals surface area contributed by atoms with Gasteiger partial charge in [-0.05, 0) is 24.0 Å². The monoisotopic (exact) mass is 200 g/mol. The molecule has 1 aromatic carbocycles. The summed E-state index contributed by atoms with van der Waals surface area (Å²) in [5.41, 5.74) is 10.2. The van der Waals surface area contributed by atoms with Gasteiger partial charge in [0.25, 0.3) is 0 Å². The van der Waals surface area contributed by atoms with E-state index in [0.29, 0.717) is 5.92 Å². The van der Waals surface area contributed by atoms with Crippen LogP contribution in [0.15, 0.2) is 24.4 Å². The second-order valence-corrected chi connectivity index (χ2v) is 4.25. The number of nitrogen functional groups attached to an aromatic ring is 1. The Morgan fingerprint density at radius 2 is 2.00 bits per heavy atom. The van der Waals surface area contributed by atoms with Gasteiger partial charge < -0.3 is 5.73 Å². The molecule has 0 saturated carbocycles. The summed E-state index contributed by atoms with van der Waals surface area (Å²) in [6.07, 6.45) is 1.77. The number of aromatic nitrogens is 1. The van der Waals surface area contributed by atoms with Crippen molar-refractivity contribution in [2.75, 3.05) is 5.73 Å². The maximum atomic E-state index is 5.98. The third-order valence-corrected chi connectivity index (χ3v) is 2.75. The van der Waals surface area contributed by atoms with Crippen molar-refractivity contribution in [1.29, 1.82) is 0 Å². The summed E-state index contributed by atoms with van der Waals surface area (Å²) in [7, 11) is 0. The molecule has 2 N–H and O–H groups in total. The molecule has 1 heterocycles. The van der Waals surface area contributed by atoms with Crippen LogP contribution in [-0.4, -0.2) is 4.98 Å². The molecule has 0 aliphatic heterocycles. The van der Waals surface area contributed by atoms with Gasteiger partial charge in [-0.3, -0.25) is 4.98 Å². The van der Waals surface area contributed by atoms with Crippen LogP contribution in [0.2, 0.25) is 0 Å². The summed E-state index contributed by atoms with van der Waals surface area (Å²) in [5.74, 6) is 0.428. The Morgan fingerprint density at radius 1 is 1.27 bits per heavy atom. The van der Waals surface area contributed by atoms with Crippen molar-refractivity contribution in [2.45, 2.75) is 26.7 Å². The summed E-state index contributed by atoms with van der Waals surface area (Å²) in [6, 6.07) is 6.24. The zero-order chi connectivity index (χ0) is 11.0. The lowest BCUT2D eigenvalue weighted by atomic mass is 9.96. The molecule has 2 aromatic rings. The van der Waals surface area contributed by atoms with Crippen LogP contribution in [0.3, 0.4) is 0 Å². The van der Waals surface area contributed by atoms with Crippen molar-refractivity contribution >= 4 is 16.6 Å². The number of anilines is 1. The van der Waals surface area contributed by atoms with Gasteiger partial charge in [-0.15, -0.1) is 0 Å². The van der Waals surface area contributed by atoms with Crippen LogP contribution in [0.1, 0.15) is 30.9 Å². The first-order valence-corrected chi connectivity index (χ1v) is 5.25. The second-order valence-electron chi connectivity index (χ2n) is 4.25. The molecular formula is C13H16N2. The van der Waals surface area contributed by atoms with Gasteiger partial charge in [-0.2, -0.15) is 0 Å². The molecule has 0 aliphatic carbocycles. The number of pyridine rings is 1. The van der Waals surface area contributed by atoms with Crippen molar-refractivity contribution < 1.29 is 0 Å². The molecule has 0 atom stereocenters. The molecule has 0 spiro atoms. The minimum absolute atomic E-state index is 0.428. The first-order chi connectivity index (χ1) is 7.11. The highest BCUT2D eigenvalue weighted by Crippen LogP contribution is 2.30. The van der Waals surface area contributed by atoms with E-state index in [4.69, 9.17) is 5.73 Å². The van der Waals surface area contributed by atoms with E-state index in [1.807, 2.05) is 0 Å². The van der Waals surface area contributed by atoms with Crippen LogP contribution < -0.4 is 5.73 Å². The highest BCUT2D eigenvalue weighted by atomic mass is 14.7. The van der Waals surface area contributed by atoms with Crippen molar-refractivity contribution in [3.8, 4) is 0 Å². The fourth-order valence-electron chi connectivity index (χ4n) is 2.05. The van der Waals surface area contributed by atoms with E-state index in [-0.39, 0.29) is 0 Å². The van der Waals surface area contributed by atoms with Crippen LogP contribution >= 0.6 is 0 Å². The third kappa shape index (κ3) is 1.56. The van der Waals surface area contributed by atoms with E-state index < -0.39 is 0 Å². The van der Waals surface area contributed by atoms with Crippen LogP contribution in [-0.2, 0) is 0 Å². The number of rotatable bonds is 1. The minimum Gasteiger partial charge on any atom is -0.397 e. The van der Waals surface area contributed by atoms with Crippen molar-refractivity contribution in [2.24, 2.45) is 0 Å². The highest BCUT2D eigenvalue weighted by Gasteiger charge is 2.10. The van der Waals surface area contributed by atoms with Gasteiger partial charge in [0.1, 0.15) is 0 Å². The minimum atomic E-state index is 0.428. The largest absolute Gasteiger partial charge is 0.397 e. The fraction of sp³-hybridized carbons (Fsp3) is 0.308. The van der Waals surface area contributed by atoms with Crippen LogP contribution in [0.5, 0.6) is 0 Å². The van der Waals surface area contributed by atoms with E-state index >= 15 is 0 Å². The van der Waals surface area contributed by atoms with Crippen molar-refractivity contribution in [1.82, 2.24) is 4.98 Å². The maximum Gasteiger partial charge on any atom is 0.0735 e. The summed E-state index contributed by atoms with van der Waals surface area (Å²) in [6.45, 7) is 6.40. The van der Waals surface area contributed by atoms with Gasteiger partial charge in [0.15, 0.2) is 0 Å². The van der Waals surface area contributed by atoms with Gasteiger partial charge in [0.05, 0.1) is 17.4 Å². The Morgan fingerprint density at radius 3 is 2.67 bits per heavy atom. The normalized spacial score (nSPS) is 11.2. The Labute approximate surface area is 90.1 Å². The average molecular weight is 200 g/mol. The number of aryl methyl sites for hydroxylation is 1. The van der Waals surface area contributed by atoms with E-state index in [0.717, 1.165) is 11.2 Å². The van der Waals surface area contributed by atoms with Crippen LogP contribution in [0, 0.1) is 6.92 Å². The van der Waals surface area contributed by atoms with Crippen molar-refractivity contribution in [3.05, 3.63) is 35.5 Å². The zero-order valence-corrected chi connectivity index (χ0v) is 9.41. The maximum absolute atomic E-state index is 5.98. The number of hydrogen-bond acceptors (Lipinski definition) is 2. The first kappa shape index (κ1) is 9.97. The molecule has 2 rings (SSSR count). The molecule has 1 aromatic heterocycles. The van der Waals surface area contributed by atoms with Gasteiger partial charge in [-0.1, -0.05) is 32.0 Å². The summed E-state index contributed by atoms with van der Waals surface area (Å²) in [5, 5.41) is 1.19. The third-order valence-electron chi connectivity index (χ3n) is 2.75. The number of nitrogens with zero attached hydrogens (tertiary/aromatic N) is 1. The quantitative estimate of drug-likeness (QED) is 0.767. The molecular weight excluding hydrogens is 184 g/mol. The molecule has 0 aliphatic rings. The zero-order valence-electron chi connectivity index (χ0n) is 9.41. The van der Waals surface area contributed by atoms with E-state index in [1.165, 1.54) is 16.5 Å². The van der Waals surface area contributed by atoms with Gasteiger partial charge in [-0.25, -0.2) is 0 Å². The van der Waals surface area contributed by atoms with Gasteiger partial charge in [0.2, 0.25) is 0 Å². The Kier molecular flexibility index (Phi) is 2.35. The molecule has 2 nitrogen and oxygen atoms in total. The van der Waals surface area contributed by atoms with Crippen LogP contribution in [0.4, 0.5) is 5.69 Å². The summed E-state index contributed by atoms with van der Waals surface area (Å²) in [4.78, 5) is 4.40. The Hall–Kier alpha value is -1.57. The predicted molar refractivity (Wildman–Crippen MR) is 65.0 cm³/mol. The van der Waals surface area contributed by atoms with E-state index in [2.05, 4.69) is 44.0 Å². The molecule has 0 bridgehead atoms. The number of nitrogens with two attached hydrogens (primary N) is 1. The number of hydrogen-bond donors (Lipinski definition) is 1. The predicted octanol–water partition coefficient (Wildman–Crippen LogP) is 3.25. The topological polar surface area (TPSA) is 38.9 Å². The lowest BCUT2D eigenvalue weighted by Crippen LogP contribution is -1.99. The average Bonchev–Trinajstić information content (AvgIpc) is 2.17. The molecule has 0 fully saturated rings. The van der Waals surface area contributed by atoms with Gasteiger partial charge in [0, 0.05) is 5.39 Å². The van der Waals surface area contributed by atoms with Gasteiger partial charge >= 0.3 is 0 Å². The van der Waals surface area contributed by atoms with Crippen LogP contribution in [0.25, 0.3) is 10.9 Å². The molecule has 2 heteroatoms. The SMILES string of the molecule is Cc1cccc2c(C(C)C)c(N)cnc12. The summed E-state index contributed by atoms with van der Waals surface area (Å²) >= 11 is 0. The first-order valence-electron chi connectivity index (χ1n) is 5.25.